The molecule has 1 fully saturated rings. The lowest BCUT2D eigenvalue weighted by Crippen LogP contribution is -2.37. The van der Waals surface area contributed by atoms with Gasteiger partial charge in [0.2, 0.25) is 0 Å². The number of carbonyl (C=O) groups excluding carboxylic acids is 1. The molecule has 1 aromatic rings. The zero-order chi connectivity index (χ0) is 11.8. The van der Waals surface area contributed by atoms with Crippen LogP contribution < -0.4 is 4.90 Å². The second-order valence-corrected chi connectivity index (χ2v) is 4.86. The Kier molecular flexibility index (Phi) is 2.54. The molecule has 0 N–H and O–H groups in total. The number of nitrogens with zero attached hydrogens (tertiary/aromatic N) is 1. The van der Waals surface area contributed by atoms with Crippen molar-refractivity contribution in [2.24, 2.45) is 0 Å². The molecule has 0 amide bonds. The van der Waals surface area contributed by atoms with Gasteiger partial charge in [0.15, 0.2) is 0 Å². The molecule has 1 saturated heterocycles. The van der Waals surface area contributed by atoms with Crippen molar-refractivity contribution < 1.29 is 9.53 Å². The largest absolute Gasteiger partial charge is 0.469 e. The summed E-state index contributed by atoms with van der Waals surface area (Å²) in [6.07, 6.45) is 3.33. The van der Waals surface area contributed by atoms with Crippen molar-refractivity contribution in [2.45, 2.75) is 31.2 Å². The summed E-state index contributed by atoms with van der Waals surface area (Å²) in [5, 5.41) is 0. The Bertz CT molecular complexity index is 444. The standard InChI is InChI=1S/C14H17NO2/c1-17-14(16)12-9-10-5-4-8-15(10)13-7-3-2-6-11(12)13/h2-3,6-7,10,12H,4-5,8-9H2,1H3/t10?,12-/m0/s1. The lowest BCUT2D eigenvalue weighted by atomic mass is 9.86. The molecule has 2 heterocycles. The summed E-state index contributed by atoms with van der Waals surface area (Å²) in [6.45, 7) is 1.12. The maximum Gasteiger partial charge on any atom is 0.313 e. The highest BCUT2D eigenvalue weighted by Gasteiger charge is 2.38. The minimum atomic E-state index is -0.0935. The van der Waals surface area contributed by atoms with Crippen molar-refractivity contribution in [3.63, 3.8) is 0 Å². The molecule has 90 valence electrons. The maximum absolute atomic E-state index is 11.9. The van der Waals surface area contributed by atoms with Crippen molar-refractivity contribution in [3.8, 4) is 0 Å². The highest BCUT2D eigenvalue weighted by atomic mass is 16.5. The number of anilines is 1. The second-order valence-electron chi connectivity index (χ2n) is 4.86. The molecule has 3 rings (SSSR count). The SMILES string of the molecule is COC(=O)[C@H]1CC2CCCN2c2ccccc21. The number of hydrogen-bond acceptors (Lipinski definition) is 3. The van der Waals surface area contributed by atoms with Crippen LogP contribution in [-0.4, -0.2) is 25.7 Å². The number of esters is 1. The zero-order valence-corrected chi connectivity index (χ0v) is 10.1. The van der Waals surface area contributed by atoms with Gasteiger partial charge in [-0.05, 0) is 30.9 Å². The number of carbonyl (C=O) groups is 1. The fraction of sp³-hybridized carbons (Fsp3) is 0.500. The highest BCUT2D eigenvalue weighted by molar-refractivity contribution is 5.82. The summed E-state index contributed by atoms with van der Waals surface area (Å²) in [6, 6.07) is 8.77. The van der Waals surface area contributed by atoms with Crippen molar-refractivity contribution in [3.05, 3.63) is 29.8 Å². The molecule has 1 aromatic carbocycles. The van der Waals surface area contributed by atoms with Crippen LogP contribution in [0.3, 0.4) is 0 Å². The van der Waals surface area contributed by atoms with Gasteiger partial charge in [0.1, 0.15) is 0 Å². The van der Waals surface area contributed by atoms with E-state index < -0.39 is 0 Å². The summed E-state index contributed by atoms with van der Waals surface area (Å²) in [5.41, 5.74) is 2.37. The molecule has 3 nitrogen and oxygen atoms in total. The van der Waals surface area contributed by atoms with Gasteiger partial charge in [-0.3, -0.25) is 4.79 Å². The van der Waals surface area contributed by atoms with E-state index in [1.165, 1.54) is 25.6 Å². The first-order valence-electron chi connectivity index (χ1n) is 6.24. The molecule has 0 aromatic heterocycles. The van der Waals surface area contributed by atoms with E-state index in [4.69, 9.17) is 4.74 Å². The first kappa shape index (κ1) is 10.6. The molecule has 2 aliphatic heterocycles. The predicted molar refractivity (Wildman–Crippen MR) is 66.2 cm³/mol. The third-order valence-electron chi connectivity index (χ3n) is 3.99. The van der Waals surface area contributed by atoms with E-state index in [1.807, 2.05) is 12.1 Å². The molecule has 2 aliphatic rings. The Morgan fingerprint density at radius 2 is 2.24 bits per heavy atom. The van der Waals surface area contributed by atoms with Gasteiger partial charge in [-0.25, -0.2) is 0 Å². The maximum atomic E-state index is 11.9. The first-order chi connectivity index (χ1) is 8.31. The lowest BCUT2D eigenvalue weighted by molar-refractivity contribution is -0.142. The quantitative estimate of drug-likeness (QED) is 0.695. The van der Waals surface area contributed by atoms with E-state index in [0.29, 0.717) is 6.04 Å². The molecule has 0 aliphatic carbocycles. The Hall–Kier alpha value is -1.51. The number of fused-ring (bicyclic) bond motifs is 3. The Morgan fingerprint density at radius 3 is 3.06 bits per heavy atom. The molecule has 0 bridgehead atoms. The Morgan fingerprint density at radius 1 is 1.41 bits per heavy atom. The normalized spacial score (nSPS) is 26.3. The number of para-hydroxylation sites is 1. The average molecular weight is 231 g/mol. The predicted octanol–water partition coefficient (Wildman–Crippen LogP) is 2.32. The van der Waals surface area contributed by atoms with Gasteiger partial charge in [-0.15, -0.1) is 0 Å². The fourth-order valence-electron chi connectivity index (χ4n) is 3.21. The monoisotopic (exact) mass is 231 g/mol. The third kappa shape index (κ3) is 1.61. The van der Waals surface area contributed by atoms with Crippen molar-refractivity contribution in [2.75, 3.05) is 18.6 Å². The molecule has 2 atom stereocenters. The van der Waals surface area contributed by atoms with Crippen molar-refractivity contribution >= 4 is 11.7 Å². The Labute approximate surface area is 101 Å². The van der Waals surface area contributed by atoms with Gasteiger partial charge in [0.05, 0.1) is 13.0 Å². The van der Waals surface area contributed by atoms with Crippen LogP contribution in [0.2, 0.25) is 0 Å². The molecule has 0 radical (unpaired) electrons. The lowest BCUT2D eigenvalue weighted by Gasteiger charge is -2.37. The average Bonchev–Trinajstić information content (AvgIpc) is 2.85. The van der Waals surface area contributed by atoms with E-state index in [2.05, 4.69) is 17.0 Å². The van der Waals surface area contributed by atoms with E-state index in [-0.39, 0.29) is 11.9 Å². The van der Waals surface area contributed by atoms with Gasteiger partial charge in [0, 0.05) is 18.3 Å². The summed E-state index contributed by atoms with van der Waals surface area (Å²) in [5.74, 6) is -0.167. The van der Waals surface area contributed by atoms with Gasteiger partial charge < -0.3 is 9.64 Å². The number of hydrogen-bond donors (Lipinski definition) is 0. The van der Waals surface area contributed by atoms with Crippen molar-refractivity contribution in [1.29, 1.82) is 0 Å². The van der Waals surface area contributed by atoms with Crippen LogP contribution in [0.25, 0.3) is 0 Å². The van der Waals surface area contributed by atoms with E-state index >= 15 is 0 Å². The molecule has 17 heavy (non-hydrogen) atoms. The van der Waals surface area contributed by atoms with E-state index in [9.17, 15) is 4.79 Å². The molecule has 1 unspecified atom stereocenters. The third-order valence-corrected chi connectivity index (χ3v) is 3.99. The summed E-state index contributed by atoms with van der Waals surface area (Å²) in [4.78, 5) is 14.3. The highest BCUT2D eigenvalue weighted by Crippen LogP contribution is 2.42. The molecule has 0 spiro atoms. The number of rotatable bonds is 1. The van der Waals surface area contributed by atoms with Crippen LogP contribution in [0.4, 0.5) is 5.69 Å². The van der Waals surface area contributed by atoms with Crippen LogP contribution in [0, 0.1) is 0 Å². The van der Waals surface area contributed by atoms with Crippen LogP contribution in [0.1, 0.15) is 30.7 Å². The van der Waals surface area contributed by atoms with Crippen LogP contribution in [0.15, 0.2) is 24.3 Å². The summed E-state index contributed by atoms with van der Waals surface area (Å²) >= 11 is 0. The molecule has 3 heteroatoms. The first-order valence-corrected chi connectivity index (χ1v) is 6.24. The van der Waals surface area contributed by atoms with Crippen LogP contribution in [-0.2, 0) is 9.53 Å². The second kappa shape index (κ2) is 4.06. The van der Waals surface area contributed by atoms with Crippen LogP contribution in [0.5, 0.6) is 0 Å². The molecular formula is C14H17NO2. The number of ether oxygens (including phenoxy) is 1. The van der Waals surface area contributed by atoms with Gasteiger partial charge in [-0.2, -0.15) is 0 Å². The zero-order valence-electron chi connectivity index (χ0n) is 10.1. The summed E-state index contributed by atoms with van der Waals surface area (Å²) < 4.78 is 4.94. The Balaban J connectivity index is 2.04. The van der Waals surface area contributed by atoms with Gasteiger partial charge >= 0.3 is 5.97 Å². The van der Waals surface area contributed by atoms with Gasteiger partial charge in [0.25, 0.3) is 0 Å². The topological polar surface area (TPSA) is 29.5 Å². The molecular weight excluding hydrogens is 214 g/mol. The molecule has 0 saturated carbocycles. The van der Waals surface area contributed by atoms with Gasteiger partial charge in [-0.1, -0.05) is 18.2 Å². The minimum Gasteiger partial charge on any atom is -0.469 e. The number of methoxy groups -OCH3 is 1. The smallest absolute Gasteiger partial charge is 0.313 e. The minimum absolute atomic E-state index is 0.0736. The van der Waals surface area contributed by atoms with E-state index in [1.54, 1.807) is 0 Å². The van der Waals surface area contributed by atoms with Crippen molar-refractivity contribution in [1.82, 2.24) is 0 Å². The van der Waals surface area contributed by atoms with E-state index in [0.717, 1.165) is 18.5 Å². The number of benzene rings is 1. The van der Waals surface area contributed by atoms with Crippen LogP contribution >= 0.6 is 0 Å². The summed E-state index contributed by atoms with van der Waals surface area (Å²) in [7, 11) is 1.48. The fourth-order valence-corrected chi connectivity index (χ4v) is 3.21.